The summed E-state index contributed by atoms with van der Waals surface area (Å²) >= 11 is 0. The van der Waals surface area contributed by atoms with Crippen molar-refractivity contribution in [2.75, 3.05) is 5.73 Å². The van der Waals surface area contributed by atoms with Crippen molar-refractivity contribution in [3.05, 3.63) is 42.1 Å². The molecule has 3 N–H and O–H groups in total. The Hall–Kier alpha value is -2.58. The maximum atomic E-state index is 12.2. The minimum atomic E-state index is -4.20. The molecular formula is C15H17F3N4O2. The number of alkyl halides is 3. The monoisotopic (exact) mass is 342 g/mol. The van der Waals surface area contributed by atoms with Crippen LogP contribution in [-0.4, -0.2) is 31.8 Å². The lowest BCUT2D eigenvalue weighted by molar-refractivity contribution is -0.139. The zero-order valence-electron chi connectivity index (χ0n) is 12.7. The van der Waals surface area contributed by atoms with E-state index >= 15 is 0 Å². The number of aryl methyl sites for hydroxylation is 1. The standard InChI is InChI=1S/C15H17F3N4O2/c16-15(17,18)4-1-5-22-8-12(21-9-22)11(14(23)24)6-10-2-3-13(19)20-7-10/h2-3,7-9,11H,1,4-6H2,(H2,19,20)(H,23,24). The van der Waals surface area contributed by atoms with Crippen LogP contribution in [0.25, 0.3) is 0 Å². The fourth-order valence-electron chi connectivity index (χ4n) is 2.25. The van der Waals surface area contributed by atoms with Gasteiger partial charge >= 0.3 is 12.1 Å². The molecule has 0 aromatic carbocycles. The Morgan fingerprint density at radius 2 is 2.08 bits per heavy atom. The summed E-state index contributed by atoms with van der Waals surface area (Å²) in [5.74, 6) is -1.63. The number of anilines is 1. The van der Waals surface area contributed by atoms with E-state index in [4.69, 9.17) is 5.73 Å². The zero-order valence-corrected chi connectivity index (χ0v) is 12.7. The van der Waals surface area contributed by atoms with Gasteiger partial charge in [0.1, 0.15) is 11.7 Å². The van der Waals surface area contributed by atoms with Crippen LogP contribution in [0.3, 0.4) is 0 Å². The molecule has 0 saturated heterocycles. The Kier molecular flexibility index (Phi) is 5.42. The van der Waals surface area contributed by atoms with Crippen LogP contribution < -0.4 is 5.73 Å². The zero-order chi connectivity index (χ0) is 17.7. The third-order valence-corrected chi connectivity index (χ3v) is 3.47. The highest BCUT2D eigenvalue weighted by Gasteiger charge is 2.26. The lowest BCUT2D eigenvalue weighted by Crippen LogP contribution is -2.15. The minimum absolute atomic E-state index is 0.0844. The number of rotatable bonds is 7. The van der Waals surface area contributed by atoms with Crippen molar-refractivity contribution < 1.29 is 23.1 Å². The molecule has 0 aliphatic rings. The van der Waals surface area contributed by atoms with Gasteiger partial charge in [-0.25, -0.2) is 9.97 Å². The number of imidazole rings is 1. The van der Waals surface area contributed by atoms with Crippen molar-refractivity contribution >= 4 is 11.8 Å². The van der Waals surface area contributed by atoms with E-state index in [1.165, 1.54) is 23.3 Å². The van der Waals surface area contributed by atoms with Crippen molar-refractivity contribution in [1.29, 1.82) is 0 Å². The SMILES string of the molecule is Nc1ccc(CC(C(=O)O)c2cn(CCCC(F)(F)F)cn2)cn1. The van der Waals surface area contributed by atoms with E-state index in [1.807, 2.05) is 0 Å². The summed E-state index contributed by atoms with van der Waals surface area (Å²) in [5.41, 5.74) is 6.47. The molecule has 0 aliphatic carbocycles. The summed E-state index contributed by atoms with van der Waals surface area (Å²) in [6.07, 6.45) is -0.690. The van der Waals surface area contributed by atoms with Gasteiger partial charge in [0.25, 0.3) is 0 Å². The molecule has 130 valence electrons. The van der Waals surface area contributed by atoms with Gasteiger partial charge in [-0.2, -0.15) is 13.2 Å². The molecule has 0 spiro atoms. The number of nitrogens with two attached hydrogens (primary N) is 1. The number of carbonyl (C=O) groups is 1. The first kappa shape index (κ1) is 17.8. The fourth-order valence-corrected chi connectivity index (χ4v) is 2.25. The molecule has 1 unspecified atom stereocenters. The number of pyridine rings is 1. The summed E-state index contributed by atoms with van der Waals surface area (Å²) in [7, 11) is 0. The van der Waals surface area contributed by atoms with Crippen LogP contribution in [0.2, 0.25) is 0 Å². The molecule has 2 aromatic heterocycles. The second-order valence-electron chi connectivity index (χ2n) is 5.44. The smallest absolute Gasteiger partial charge is 0.389 e. The van der Waals surface area contributed by atoms with Crippen molar-refractivity contribution in [1.82, 2.24) is 14.5 Å². The Labute approximate surface area is 136 Å². The van der Waals surface area contributed by atoms with Crippen molar-refractivity contribution in [2.24, 2.45) is 0 Å². The molecule has 2 heterocycles. The molecule has 0 fully saturated rings. The normalized spacial score (nSPS) is 13.0. The summed E-state index contributed by atoms with van der Waals surface area (Å²) in [6, 6.07) is 3.25. The summed E-state index contributed by atoms with van der Waals surface area (Å²) in [6.45, 7) is 0.127. The topological polar surface area (TPSA) is 94.0 Å². The van der Waals surface area contributed by atoms with E-state index in [2.05, 4.69) is 9.97 Å². The van der Waals surface area contributed by atoms with Crippen LogP contribution in [0.4, 0.5) is 19.0 Å². The van der Waals surface area contributed by atoms with E-state index in [1.54, 1.807) is 12.1 Å². The van der Waals surface area contributed by atoms with Gasteiger partial charge in [-0.1, -0.05) is 6.07 Å². The minimum Gasteiger partial charge on any atom is -0.481 e. The van der Waals surface area contributed by atoms with Crippen LogP contribution in [0, 0.1) is 0 Å². The van der Waals surface area contributed by atoms with Crippen LogP contribution in [0.1, 0.15) is 30.0 Å². The predicted octanol–water partition coefficient (Wildman–Crippen LogP) is 2.61. The molecule has 2 aromatic rings. The van der Waals surface area contributed by atoms with Gasteiger partial charge < -0.3 is 15.4 Å². The quantitative estimate of drug-likeness (QED) is 0.807. The lowest BCUT2D eigenvalue weighted by Gasteiger charge is -2.10. The third kappa shape index (κ3) is 5.25. The van der Waals surface area contributed by atoms with Gasteiger partial charge in [0.05, 0.1) is 12.0 Å². The molecule has 6 nitrogen and oxygen atoms in total. The van der Waals surface area contributed by atoms with Crippen LogP contribution in [0.15, 0.2) is 30.9 Å². The molecule has 9 heteroatoms. The molecule has 0 saturated carbocycles. The third-order valence-electron chi connectivity index (χ3n) is 3.47. The highest BCUT2D eigenvalue weighted by Crippen LogP contribution is 2.23. The Morgan fingerprint density at radius 1 is 1.33 bits per heavy atom. The second-order valence-corrected chi connectivity index (χ2v) is 5.44. The Bertz CT molecular complexity index is 683. The average molecular weight is 342 g/mol. The number of halogens is 3. The van der Waals surface area contributed by atoms with Crippen LogP contribution in [0.5, 0.6) is 0 Å². The maximum absolute atomic E-state index is 12.2. The van der Waals surface area contributed by atoms with Crippen molar-refractivity contribution in [2.45, 2.75) is 37.9 Å². The average Bonchev–Trinajstić information content (AvgIpc) is 2.93. The van der Waals surface area contributed by atoms with E-state index in [-0.39, 0.29) is 19.4 Å². The molecule has 0 bridgehead atoms. The van der Waals surface area contributed by atoms with Gasteiger partial charge in [-0.3, -0.25) is 4.79 Å². The molecule has 0 radical (unpaired) electrons. The number of carboxylic acid groups (broad SMARTS) is 1. The summed E-state index contributed by atoms with van der Waals surface area (Å²) < 4.78 is 37.9. The first-order valence-corrected chi connectivity index (χ1v) is 7.26. The van der Waals surface area contributed by atoms with E-state index < -0.39 is 24.5 Å². The fraction of sp³-hybridized carbons (Fsp3) is 0.400. The van der Waals surface area contributed by atoms with Gasteiger partial charge in [-0.05, 0) is 24.5 Å². The largest absolute Gasteiger partial charge is 0.481 e. The number of hydrogen-bond donors (Lipinski definition) is 2. The van der Waals surface area contributed by atoms with Gasteiger partial charge in [0.2, 0.25) is 0 Å². The van der Waals surface area contributed by atoms with E-state index in [9.17, 15) is 23.1 Å². The second kappa shape index (κ2) is 7.33. The molecule has 1 atom stereocenters. The highest BCUT2D eigenvalue weighted by atomic mass is 19.4. The lowest BCUT2D eigenvalue weighted by atomic mass is 9.98. The molecular weight excluding hydrogens is 325 g/mol. The number of aromatic nitrogens is 3. The maximum Gasteiger partial charge on any atom is 0.389 e. The van der Waals surface area contributed by atoms with Crippen LogP contribution in [-0.2, 0) is 17.8 Å². The van der Waals surface area contributed by atoms with Crippen molar-refractivity contribution in [3.8, 4) is 0 Å². The first-order chi connectivity index (χ1) is 11.2. The van der Waals surface area contributed by atoms with Gasteiger partial charge in [0.15, 0.2) is 0 Å². The number of nitrogen functional groups attached to an aromatic ring is 1. The van der Waals surface area contributed by atoms with Crippen molar-refractivity contribution in [3.63, 3.8) is 0 Å². The molecule has 2 rings (SSSR count). The Morgan fingerprint density at radius 3 is 2.67 bits per heavy atom. The number of aliphatic carboxylic acids is 1. The summed E-state index contributed by atoms with van der Waals surface area (Å²) in [4.78, 5) is 19.4. The Balaban J connectivity index is 2.03. The number of carboxylic acids is 1. The molecule has 24 heavy (non-hydrogen) atoms. The molecule has 0 amide bonds. The predicted molar refractivity (Wildman–Crippen MR) is 80.2 cm³/mol. The number of nitrogens with zero attached hydrogens (tertiary/aromatic N) is 3. The van der Waals surface area contributed by atoms with E-state index in [0.29, 0.717) is 17.1 Å². The van der Waals surface area contributed by atoms with Gasteiger partial charge in [-0.15, -0.1) is 0 Å². The highest BCUT2D eigenvalue weighted by molar-refractivity contribution is 5.75. The number of hydrogen-bond acceptors (Lipinski definition) is 4. The summed E-state index contributed by atoms with van der Waals surface area (Å²) in [5, 5.41) is 9.39. The first-order valence-electron chi connectivity index (χ1n) is 7.26. The van der Waals surface area contributed by atoms with Gasteiger partial charge in [0, 0.05) is 25.4 Å². The van der Waals surface area contributed by atoms with E-state index in [0.717, 1.165) is 0 Å². The van der Waals surface area contributed by atoms with Crippen LogP contribution >= 0.6 is 0 Å². The molecule has 0 aliphatic heterocycles.